The third kappa shape index (κ3) is 1.92. The third-order valence-electron chi connectivity index (χ3n) is 5.82. The second-order valence-electron chi connectivity index (χ2n) is 6.66. The number of hydrogen-bond donors (Lipinski definition) is 1. The minimum atomic E-state index is 0.369. The zero-order valence-corrected chi connectivity index (χ0v) is 11.2. The van der Waals surface area contributed by atoms with Crippen LogP contribution in [-0.2, 0) is 0 Å². The number of hydrogen-bond acceptors (Lipinski definition) is 1. The molecule has 0 aromatic carbocycles. The summed E-state index contributed by atoms with van der Waals surface area (Å²) >= 11 is 0. The molecule has 0 amide bonds. The summed E-state index contributed by atoms with van der Waals surface area (Å²) in [5.41, 5.74) is 0.590. The first kappa shape index (κ1) is 12.4. The van der Waals surface area contributed by atoms with Gasteiger partial charge in [0.15, 0.2) is 0 Å². The molecule has 2 aliphatic carbocycles. The molecule has 2 saturated carbocycles. The Kier molecular flexibility index (Phi) is 3.63. The smallest absolute Gasteiger partial charge is 0.0433 e. The molecule has 1 N–H and O–H groups in total. The fourth-order valence-corrected chi connectivity index (χ4v) is 4.94. The molecular weight excluding hydrogens is 196 g/mol. The first-order valence-electron chi connectivity index (χ1n) is 7.20. The zero-order chi connectivity index (χ0) is 11.8. The summed E-state index contributed by atoms with van der Waals surface area (Å²) in [6.07, 6.45) is 8.16. The van der Waals surface area contributed by atoms with Gasteiger partial charge in [-0.05, 0) is 54.8 Å². The molecule has 16 heavy (non-hydrogen) atoms. The molecule has 1 heteroatoms. The lowest BCUT2D eigenvalue weighted by molar-refractivity contribution is 0.0316. The average molecular weight is 224 g/mol. The molecule has 0 heterocycles. The van der Waals surface area contributed by atoms with Crippen LogP contribution in [0.15, 0.2) is 0 Å². The second kappa shape index (κ2) is 4.68. The minimum absolute atomic E-state index is 0.369. The normalized spacial score (nSPS) is 45.4. The lowest BCUT2D eigenvalue weighted by atomic mass is 9.59. The molecule has 0 bridgehead atoms. The number of fused-ring (bicyclic) bond motifs is 1. The van der Waals surface area contributed by atoms with Crippen LogP contribution in [0, 0.1) is 29.1 Å². The van der Waals surface area contributed by atoms with Crippen LogP contribution >= 0.6 is 0 Å². The van der Waals surface area contributed by atoms with Crippen molar-refractivity contribution in [3.63, 3.8) is 0 Å². The van der Waals surface area contributed by atoms with Crippen molar-refractivity contribution in [1.82, 2.24) is 0 Å². The van der Waals surface area contributed by atoms with E-state index in [2.05, 4.69) is 20.8 Å². The van der Waals surface area contributed by atoms with E-state index < -0.39 is 0 Å². The molecule has 2 fully saturated rings. The van der Waals surface area contributed by atoms with E-state index in [-0.39, 0.29) is 0 Å². The van der Waals surface area contributed by atoms with Crippen LogP contribution < -0.4 is 0 Å². The van der Waals surface area contributed by atoms with Gasteiger partial charge in [0.25, 0.3) is 0 Å². The molecule has 5 atom stereocenters. The quantitative estimate of drug-likeness (QED) is 0.772. The highest BCUT2D eigenvalue weighted by Gasteiger charge is 2.50. The largest absolute Gasteiger partial charge is 0.396 e. The monoisotopic (exact) mass is 224 g/mol. The van der Waals surface area contributed by atoms with Crippen LogP contribution in [0.1, 0.15) is 59.3 Å². The summed E-state index contributed by atoms with van der Waals surface area (Å²) < 4.78 is 0. The van der Waals surface area contributed by atoms with Gasteiger partial charge in [0.1, 0.15) is 0 Å². The van der Waals surface area contributed by atoms with Gasteiger partial charge in [-0.1, -0.05) is 33.6 Å². The highest BCUT2D eigenvalue weighted by Crippen LogP contribution is 2.59. The highest BCUT2D eigenvalue weighted by atomic mass is 16.3. The molecule has 0 spiro atoms. The Morgan fingerprint density at radius 2 is 2.06 bits per heavy atom. The van der Waals surface area contributed by atoms with Gasteiger partial charge in [0.2, 0.25) is 0 Å². The van der Waals surface area contributed by atoms with Crippen LogP contribution in [0.3, 0.4) is 0 Å². The molecule has 0 aromatic heterocycles. The van der Waals surface area contributed by atoms with Crippen LogP contribution in [0.25, 0.3) is 0 Å². The van der Waals surface area contributed by atoms with E-state index in [0.29, 0.717) is 17.9 Å². The van der Waals surface area contributed by atoms with E-state index in [1.165, 1.54) is 32.1 Å². The van der Waals surface area contributed by atoms with Gasteiger partial charge in [0, 0.05) is 6.61 Å². The van der Waals surface area contributed by atoms with E-state index in [4.69, 9.17) is 5.11 Å². The van der Waals surface area contributed by atoms with Crippen molar-refractivity contribution in [2.75, 3.05) is 6.61 Å². The van der Waals surface area contributed by atoms with Gasteiger partial charge in [-0.3, -0.25) is 0 Å². The molecule has 0 saturated heterocycles. The fraction of sp³-hybridized carbons (Fsp3) is 1.00. The summed E-state index contributed by atoms with van der Waals surface area (Å²) in [5, 5.41) is 9.13. The number of aliphatic hydroxyl groups is 1. The summed E-state index contributed by atoms with van der Waals surface area (Å²) in [6, 6.07) is 0. The Morgan fingerprint density at radius 1 is 1.31 bits per heavy atom. The molecule has 0 aliphatic heterocycles. The van der Waals surface area contributed by atoms with Crippen LogP contribution in [0.4, 0.5) is 0 Å². The number of aliphatic hydroxyl groups excluding tert-OH is 1. The van der Waals surface area contributed by atoms with E-state index >= 15 is 0 Å². The van der Waals surface area contributed by atoms with E-state index in [1.54, 1.807) is 0 Å². The molecule has 1 unspecified atom stereocenters. The Balaban J connectivity index is 2.11. The molecule has 94 valence electrons. The lowest BCUT2D eigenvalue weighted by Gasteiger charge is -2.46. The van der Waals surface area contributed by atoms with Gasteiger partial charge in [-0.2, -0.15) is 0 Å². The van der Waals surface area contributed by atoms with Crippen molar-refractivity contribution in [1.29, 1.82) is 0 Å². The molecule has 2 aliphatic rings. The van der Waals surface area contributed by atoms with Gasteiger partial charge >= 0.3 is 0 Å². The van der Waals surface area contributed by atoms with Crippen LogP contribution in [-0.4, -0.2) is 11.7 Å². The predicted molar refractivity (Wildman–Crippen MR) is 68.2 cm³/mol. The van der Waals surface area contributed by atoms with Crippen molar-refractivity contribution in [2.24, 2.45) is 29.1 Å². The standard InChI is InChI=1S/C15H28O/c1-11-5-4-9-15(3)13(11)6-7-14(15)12(2)8-10-16/h11-14,16H,4-10H2,1-3H3/t11?,12-,13+,14-,15+/m1/s1. The fourth-order valence-electron chi connectivity index (χ4n) is 4.94. The van der Waals surface area contributed by atoms with Crippen molar-refractivity contribution in [3.05, 3.63) is 0 Å². The van der Waals surface area contributed by atoms with E-state index in [0.717, 1.165) is 24.2 Å². The lowest BCUT2D eigenvalue weighted by Crippen LogP contribution is -2.38. The zero-order valence-electron chi connectivity index (χ0n) is 11.2. The van der Waals surface area contributed by atoms with E-state index in [1.807, 2.05) is 0 Å². The van der Waals surface area contributed by atoms with Gasteiger partial charge < -0.3 is 5.11 Å². The van der Waals surface area contributed by atoms with Crippen molar-refractivity contribution >= 4 is 0 Å². The maximum atomic E-state index is 9.13. The Bertz CT molecular complexity index is 238. The molecule has 1 nitrogen and oxygen atoms in total. The van der Waals surface area contributed by atoms with Gasteiger partial charge in [-0.15, -0.1) is 0 Å². The molecular formula is C15H28O. The van der Waals surface area contributed by atoms with Crippen LogP contribution in [0.5, 0.6) is 0 Å². The Hall–Kier alpha value is -0.0400. The van der Waals surface area contributed by atoms with Gasteiger partial charge in [-0.25, -0.2) is 0 Å². The Morgan fingerprint density at radius 3 is 2.75 bits per heavy atom. The number of rotatable bonds is 3. The second-order valence-corrected chi connectivity index (χ2v) is 6.66. The summed E-state index contributed by atoms with van der Waals surface area (Å²) in [6.45, 7) is 7.72. The van der Waals surface area contributed by atoms with Crippen molar-refractivity contribution in [3.8, 4) is 0 Å². The van der Waals surface area contributed by atoms with Crippen molar-refractivity contribution in [2.45, 2.75) is 59.3 Å². The van der Waals surface area contributed by atoms with Crippen LogP contribution in [0.2, 0.25) is 0 Å². The van der Waals surface area contributed by atoms with Gasteiger partial charge in [0.05, 0.1) is 0 Å². The first-order chi connectivity index (χ1) is 7.59. The molecule has 0 aromatic rings. The molecule has 2 rings (SSSR count). The summed E-state index contributed by atoms with van der Waals surface area (Å²) in [5.74, 6) is 3.48. The average Bonchev–Trinajstić information content (AvgIpc) is 2.57. The van der Waals surface area contributed by atoms with Crippen molar-refractivity contribution < 1.29 is 5.11 Å². The minimum Gasteiger partial charge on any atom is -0.396 e. The first-order valence-corrected chi connectivity index (χ1v) is 7.20. The highest BCUT2D eigenvalue weighted by molar-refractivity contribution is 5.00. The predicted octanol–water partition coefficient (Wildman–Crippen LogP) is 3.86. The third-order valence-corrected chi connectivity index (χ3v) is 5.82. The van der Waals surface area contributed by atoms with E-state index in [9.17, 15) is 0 Å². The SMILES string of the molecule is CC1CCC[C@]2(C)[C@@H]([C@H](C)CCO)CC[C@@H]12. The topological polar surface area (TPSA) is 20.2 Å². The summed E-state index contributed by atoms with van der Waals surface area (Å²) in [7, 11) is 0. The molecule has 0 radical (unpaired) electrons. The summed E-state index contributed by atoms with van der Waals surface area (Å²) in [4.78, 5) is 0. The maximum Gasteiger partial charge on any atom is 0.0433 e. The maximum absolute atomic E-state index is 9.13. The Labute approximate surface area is 101 Å².